The monoisotopic (exact) mass is 349 g/mol. The van der Waals surface area contributed by atoms with E-state index < -0.39 is 11.6 Å². The molecule has 1 amide bonds. The predicted octanol–water partition coefficient (Wildman–Crippen LogP) is 3.05. The number of nitrogens with one attached hydrogen (secondary N) is 1. The molecule has 0 radical (unpaired) electrons. The van der Waals surface area contributed by atoms with Crippen molar-refractivity contribution in [2.75, 3.05) is 13.1 Å². The molecule has 2 aliphatic rings. The number of fused-ring (bicyclic) bond motifs is 2. The maximum Gasteiger partial charge on any atom is 0.273 e. The maximum absolute atomic E-state index is 13.9. The van der Waals surface area contributed by atoms with E-state index in [1.165, 1.54) is 24.6 Å². The number of likely N-dealkylation sites (tertiary alicyclic amines) is 1. The highest BCUT2D eigenvalue weighted by atomic mass is 32.1. The average Bonchev–Trinajstić information content (AvgIpc) is 3.14. The molecule has 2 fully saturated rings. The van der Waals surface area contributed by atoms with E-state index in [4.69, 9.17) is 0 Å². The van der Waals surface area contributed by atoms with Crippen molar-refractivity contribution in [3.8, 4) is 10.6 Å². The molecular formula is C17H17F2N3OS. The first-order valence-corrected chi connectivity index (χ1v) is 8.95. The standard InChI is InChI=1S/C17H17F2N3OS/c18-12-2-1-3-13(19)15(12)16-21-14(9-24-16)17(23)22-7-6-10-4-5-11(8-22)20-10/h1-3,9-11,20H,4-8H2. The second-order valence-electron chi connectivity index (χ2n) is 6.31. The number of hydrogen-bond acceptors (Lipinski definition) is 4. The molecule has 7 heteroatoms. The van der Waals surface area contributed by atoms with Gasteiger partial charge in [-0.1, -0.05) is 6.07 Å². The topological polar surface area (TPSA) is 45.2 Å². The van der Waals surface area contributed by atoms with Crippen LogP contribution < -0.4 is 5.32 Å². The van der Waals surface area contributed by atoms with Crippen LogP contribution >= 0.6 is 11.3 Å². The summed E-state index contributed by atoms with van der Waals surface area (Å²) in [5.41, 5.74) is 0.0913. The third-order valence-corrected chi connectivity index (χ3v) is 5.57. The van der Waals surface area contributed by atoms with Crippen molar-refractivity contribution in [1.82, 2.24) is 15.2 Å². The number of carbonyl (C=O) groups is 1. The van der Waals surface area contributed by atoms with Gasteiger partial charge < -0.3 is 10.2 Å². The van der Waals surface area contributed by atoms with E-state index in [1.54, 1.807) is 10.3 Å². The summed E-state index contributed by atoms with van der Waals surface area (Å²) < 4.78 is 27.8. The normalized spacial score (nSPS) is 23.3. The van der Waals surface area contributed by atoms with Crippen LogP contribution in [0.15, 0.2) is 23.6 Å². The van der Waals surface area contributed by atoms with Crippen LogP contribution in [0.1, 0.15) is 29.8 Å². The molecule has 24 heavy (non-hydrogen) atoms. The summed E-state index contributed by atoms with van der Waals surface area (Å²) in [6.45, 7) is 1.35. The van der Waals surface area contributed by atoms with Gasteiger partial charge in [0.1, 0.15) is 22.3 Å². The molecule has 4 nitrogen and oxygen atoms in total. The van der Waals surface area contributed by atoms with Crippen LogP contribution in [0.3, 0.4) is 0 Å². The number of aromatic nitrogens is 1. The molecule has 2 aliphatic heterocycles. The highest BCUT2D eigenvalue weighted by molar-refractivity contribution is 7.13. The van der Waals surface area contributed by atoms with E-state index in [-0.39, 0.29) is 22.2 Å². The molecule has 0 aliphatic carbocycles. The molecule has 2 saturated heterocycles. The second kappa shape index (κ2) is 6.22. The maximum atomic E-state index is 13.9. The minimum absolute atomic E-state index is 0.163. The number of hydrogen-bond donors (Lipinski definition) is 1. The Morgan fingerprint density at radius 2 is 1.96 bits per heavy atom. The van der Waals surface area contributed by atoms with E-state index in [2.05, 4.69) is 10.3 Å². The predicted molar refractivity (Wildman–Crippen MR) is 87.9 cm³/mol. The van der Waals surface area contributed by atoms with E-state index in [0.29, 0.717) is 25.2 Å². The molecule has 1 aromatic carbocycles. The lowest BCUT2D eigenvalue weighted by Crippen LogP contribution is -2.39. The Hall–Kier alpha value is -1.86. The highest BCUT2D eigenvalue weighted by Crippen LogP contribution is 2.29. The number of rotatable bonds is 2. The first-order chi connectivity index (χ1) is 11.6. The Kier molecular flexibility index (Phi) is 4.05. The summed E-state index contributed by atoms with van der Waals surface area (Å²) >= 11 is 1.09. The molecule has 1 N–H and O–H groups in total. The summed E-state index contributed by atoms with van der Waals surface area (Å²) in [5.74, 6) is -1.50. The Bertz CT molecular complexity index is 759. The molecule has 1 aromatic heterocycles. The molecule has 126 valence electrons. The van der Waals surface area contributed by atoms with Gasteiger partial charge >= 0.3 is 0 Å². The number of amides is 1. The van der Waals surface area contributed by atoms with Crippen LogP contribution in [0.4, 0.5) is 8.78 Å². The molecule has 2 bridgehead atoms. The van der Waals surface area contributed by atoms with E-state index in [9.17, 15) is 13.6 Å². The quantitative estimate of drug-likeness (QED) is 0.906. The minimum Gasteiger partial charge on any atom is -0.336 e. The molecule has 2 atom stereocenters. The zero-order chi connectivity index (χ0) is 16.7. The Labute approximate surface area is 142 Å². The summed E-state index contributed by atoms with van der Waals surface area (Å²) in [6.07, 6.45) is 3.18. The van der Waals surface area contributed by atoms with Crippen LogP contribution in [-0.4, -0.2) is 41.0 Å². The number of benzene rings is 1. The molecule has 3 heterocycles. The van der Waals surface area contributed by atoms with Gasteiger partial charge in [-0.15, -0.1) is 11.3 Å². The van der Waals surface area contributed by atoms with Crippen LogP contribution in [0.2, 0.25) is 0 Å². The fourth-order valence-corrected chi connectivity index (χ4v) is 4.32. The van der Waals surface area contributed by atoms with Crippen LogP contribution in [0, 0.1) is 11.6 Å². The molecule has 4 rings (SSSR count). The van der Waals surface area contributed by atoms with Crippen molar-refractivity contribution in [2.24, 2.45) is 0 Å². The van der Waals surface area contributed by atoms with Gasteiger partial charge in [0.25, 0.3) is 5.91 Å². The van der Waals surface area contributed by atoms with Gasteiger partial charge in [0, 0.05) is 30.6 Å². The van der Waals surface area contributed by atoms with Crippen molar-refractivity contribution in [1.29, 1.82) is 0 Å². The van der Waals surface area contributed by atoms with E-state index in [1.807, 2.05) is 0 Å². The molecule has 0 spiro atoms. The van der Waals surface area contributed by atoms with Gasteiger partial charge in [-0.05, 0) is 31.4 Å². The van der Waals surface area contributed by atoms with Crippen molar-refractivity contribution < 1.29 is 13.6 Å². The first-order valence-electron chi connectivity index (χ1n) is 8.07. The molecule has 0 saturated carbocycles. The minimum atomic E-state index is -0.667. The van der Waals surface area contributed by atoms with Crippen LogP contribution in [0.25, 0.3) is 10.6 Å². The molecule has 2 aromatic rings. The Morgan fingerprint density at radius 1 is 1.21 bits per heavy atom. The number of carbonyl (C=O) groups excluding carboxylic acids is 1. The Morgan fingerprint density at radius 3 is 2.75 bits per heavy atom. The first kappa shape index (κ1) is 15.7. The van der Waals surface area contributed by atoms with Gasteiger partial charge in [0.05, 0.1) is 5.56 Å². The van der Waals surface area contributed by atoms with Crippen molar-refractivity contribution in [2.45, 2.75) is 31.3 Å². The van der Waals surface area contributed by atoms with Gasteiger partial charge in [-0.3, -0.25) is 4.79 Å². The van der Waals surface area contributed by atoms with E-state index in [0.717, 1.165) is 24.2 Å². The zero-order valence-electron chi connectivity index (χ0n) is 13.0. The van der Waals surface area contributed by atoms with Gasteiger partial charge in [0.15, 0.2) is 0 Å². The summed E-state index contributed by atoms with van der Waals surface area (Å²) in [5, 5.41) is 5.31. The van der Waals surface area contributed by atoms with E-state index >= 15 is 0 Å². The SMILES string of the molecule is O=C(c1csc(-c2c(F)cccc2F)n1)N1CCC2CCC(C1)N2. The zero-order valence-corrected chi connectivity index (χ0v) is 13.8. The second-order valence-corrected chi connectivity index (χ2v) is 7.17. The number of halogens is 2. The number of thiazole rings is 1. The molecule has 2 unspecified atom stereocenters. The van der Waals surface area contributed by atoms with Crippen molar-refractivity contribution in [3.63, 3.8) is 0 Å². The summed E-state index contributed by atoms with van der Waals surface area (Å²) in [4.78, 5) is 18.7. The van der Waals surface area contributed by atoms with Crippen molar-refractivity contribution >= 4 is 17.2 Å². The number of nitrogens with zero attached hydrogens (tertiary/aromatic N) is 2. The molecular weight excluding hydrogens is 332 g/mol. The van der Waals surface area contributed by atoms with Crippen molar-refractivity contribution in [3.05, 3.63) is 40.9 Å². The summed E-state index contributed by atoms with van der Waals surface area (Å²) in [7, 11) is 0. The van der Waals surface area contributed by atoms with Gasteiger partial charge in [0.2, 0.25) is 0 Å². The summed E-state index contributed by atoms with van der Waals surface area (Å²) in [6, 6.07) is 4.53. The fourth-order valence-electron chi connectivity index (χ4n) is 3.48. The highest BCUT2D eigenvalue weighted by Gasteiger charge is 2.32. The van der Waals surface area contributed by atoms with Gasteiger partial charge in [-0.25, -0.2) is 13.8 Å². The lowest BCUT2D eigenvalue weighted by Gasteiger charge is -2.23. The lowest BCUT2D eigenvalue weighted by molar-refractivity contribution is 0.0743. The lowest BCUT2D eigenvalue weighted by atomic mass is 10.1. The largest absolute Gasteiger partial charge is 0.336 e. The Balaban J connectivity index is 1.57. The van der Waals surface area contributed by atoms with Crippen LogP contribution in [-0.2, 0) is 0 Å². The van der Waals surface area contributed by atoms with Crippen LogP contribution in [0.5, 0.6) is 0 Å². The third kappa shape index (κ3) is 2.82. The average molecular weight is 349 g/mol. The smallest absolute Gasteiger partial charge is 0.273 e. The fraction of sp³-hybridized carbons (Fsp3) is 0.412. The third-order valence-electron chi connectivity index (χ3n) is 4.71. The van der Waals surface area contributed by atoms with Gasteiger partial charge in [-0.2, -0.15) is 0 Å².